The minimum atomic E-state index is -0.270. The van der Waals surface area contributed by atoms with Gasteiger partial charge in [-0.15, -0.1) is 0 Å². The van der Waals surface area contributed by atoms with Crippen LogP contribution in [0.1, 0.15) is 19.4 Å². The van der Waals surface area contributed by atoms with Crippen LogP contribution in [-0.2, 0) is 4.79 Å². The molecule has 0 saturated carbocycles. The number of carbonyl (C=O) groups is 1. The van der Waals surface area contributed by atoms with Crippen molar-refractivity contribution in [1.29, 1.82) is 5.26 Å². The Kier molecular flexibility index (Phi) is 6.97. The highest BCUT2D eigenvalue weighted by atomic mass is 35.5. The molecule has 1 atom stereocenters. The molecule has 1 amide bonds. The van der Waals surface area contributed by atoms with Crippen LogP contribution in [0, 0.1) is 11.3 Å². The van der Waals surface area contributed by atoms with E-state index in [2.05, 4.69) is 21.2 Å². The van der Waals surface area contributed by atoms with Crippen molar-refractivity contribution in [2.24, 2.45) is 0 Å². The normalized spacial score (nSPS) is 15.4. The summed E-state index contributed by atoms with van der Waals surface area (Å²) in [6.07, 6.45) is 0. The molecule has 1 heterocycles. The summed E-state index contributed by atoms with van der Waals surface area (Å²) in [5, 5.41) is 12.2. The van der Waals surface area contributed by atoms with Gasteiger partial charge in [0.25, 0.3) is 0 Å². The molecule has 0 bridgehead atoms. The molecule has 0 unspecified atom stereocenters. The molecular formula is C22H25ClN4O2. The number of para-hydroxylation sites is 2. The Bertz CT molecular complexity index is 904. The first-order chi connectivity index (χ1) is 14.0. The second kappa shape index (κ2) is 9.64. The first kappa shape index (κ1) is 21.0. The molecule has 6 nitrogen and oxygen atoms in total. The van der Waals surface area contributed by atoms with Crippen LogP contribution in [0.25, 0.3) is 0 Å². The van der Waals surface area contributed by atoms with Gasteiger partial charge in [0, 0.05) is 31.9 Å². The first-order valence-electron chi connectivity index (χ1n) is 9.74. The summed E-state index contributed by atoms with van der Waals surface area (Å²) in [6.45, 7) is 7.73. The molecule has 0 spiro atoms. The molecule has 29 heavy (non-hydrogen) atoms. The first-order valence-corrected chi connectivity index (χ1v) is 10.1. The number of nitrogens with zero attached hydrogens (tertiary/aromatic N) is 3. The summed E-state index contributed by atoms with van der Waals surface area (Å²) in [7, 11) is 0. The zero-order chi connectivity index (χ0) is 20.8. The van der Waals surface area contributed by atoms with Gasteiger partial charge < -0.3 is 15.0 Å². The highest BCUT2D eigenvalue weighted by Crippen LogP contribution is 2.29. The van der Waals surface area contributed by atoms with Gasteiger partial charge in [0.2, 0.25) is 5.91 Å². The highest BCUT2D eigenvalue weighted by molar-refractivity contribution is 6.32. The van der Waals surface area contributed by atoms with E-state index >= 15 is 0 Å². The Labute approximate surface area is 176 Å². The topological polar surface area (TPSA) is 68.6 Å². The minimum absolute atomic E-state index is 0.0889. The van der Waals surface area contributed by atoms with Crippen molar-refractivity contribution in [3.05, 3.63) is 53.1 Å². The van der Waals surface area contributed by atoms with Crippen LogP contribution in [-0.4, -0.2) is 49.6 Å². The Hall–Kier alpha value is -2.75. The van der Waals surface area contributed by atoms with E-state index in [0.29, 0.717) is 22.9 Å². The van der Waals surface area contributed by atoms with Gasteiger partial charge in [0.15, 0.2) is 0 Å². The van der Waals surface area contributed by atoms with Crippen molar-refractivity contribution < 1.29 is 9.53 Å². The van der Waals surface area contributed by atoms with Crippen molar-refractivity contribution in [3.8, 4) is 11.8 Å². The number of piperazine rings is 1. The lowest BCUT2D eigenvalue weighted by Crippen LogP contribution is -2.52. The number of carbonyl (C=O) groups excluding carboxylic acids is 1. The van der Waals surface area contributed by atoms with Gasteiger partial charge in [-0.05, 0) is 44.2 Å². The predicted molar refractivity (Wildman–Crippen MR) is 116 cm³/mol. The number of halogens is 1. The maximum absolute atomic E-state index is 12.7. The predicted octanol–water partition coefficient (Wildman–Crippen LogP) is 3.76. The molecule has 1 aliphatic rings. The lowest BCUT2D eigenvalue weighted by Gasteiger charge is -2.39. The minimum Gasteiger partial charge on any atom is -0.492 e. The molecule has 1 fully saturated rings. The Morgan fingerprint density at radius 3 is 2.62 bits per heavy atom. The summed E-state index contributed by atoms with van der Waals surface area (Å²) < 4.78 is 5.74. The molecular weight excluding hydrogens is 388 g/mol. The maximum atomic E-state index is 12.7. The van der Waals surface area contributed by atoms with Gasteiger partial charge in [-0.1, -0.05) is 23.7 Å². The number of rotatable bonds is 6. The largest absolute Gasteiger partial charge is 0.492 e. The fraction of sp³-hybridized carbons (Fsp3) is 0.364. The molecule has 1 saturated heterocycles. The Morgan fingerprint density at radius 1 is 1.24 bits per heavy atom. The molecule has 1 aliphatic heterocycles. The fourth-order valence-corrected chi connectivity index (χ4v) is 3.66. The molecule has 152 valence electrons. The fourth-order valence-electron chi connectivity index (χ4n) is 3.44. The van der Waals surface area contributed by atoms with Gasteiger partial charge in [-0.25, -0.2) is 0 Å². The van der Waals surface area contributed by atoms with Gasteiger partial charge in [-0.3, -0.25) is 9.69 Å². The monoisotopic (exact) mass is 412 g/mol. The number of ether oxygens (including phenoxy) is 1. The molecule has 0 radical (unpaired) electrons. The Balaban J connectivity index is 1.58. The smallest absolute Gasteiger partial charge is 0.241 e. The standard InChI is InChI=1S/C22H25ClN4O2/c1-3-29-21-7-5-4-6-20(21)27-12-10-26(11-13-27)16(2)22(28)25-18-9-8-17(15-24)19(23)14-18/h4-9,14,16H,3,10-13H2,1-2H3,(H,25,28)/t16-/m1/s1. The maximum Gasteiger partial charge on any atom is 0.241 e. The van der Waals surface area contributed by atoms with E-state index in [0.717, 1.165) is 37.6 Å². The quantitative estimate of drug-likeness (QED) is 0.782. The second-order valence-corrected chi connectivity index (χ2v) is 7.30. The van der Waals surface area contributed by atoms with Crippen molar-refractivity contribution >= 4 is 28.9 Å². The lowest BCUT2D eigenvalue weighted by molar-refractivity contribution is -0.120. The van der Waals surface area contributed by atoms with Crippen LogP contribution in [0.4, 0.5) is 11.4 Å². The van der Waals surface area contributed by atoms with E-state index in [-0.39, 0.29) is 11.9 Å². The van der Waals surface area contributed by atoms with Crippen LogP contribution in [0.15, 0.2) is 42.5 Å². The van der Waals surface area contributed by atoms with Crippen molar-refractivity contribution in [1.82, 2.24) is 4.90 Å². The summed E-state index contributed by atoms with van der Waals surface area (Å²) >= 11 is 6.05. The molecule has 2 aromatic rings. The summed E-state index contributed by atoms with van der Waals surface area (Å²) in [6, 6.07) is 14.7. The molecule has 0 aliphatic carbocycles. The second-order valence-electron chi connectivity index (χ2n) is 6.90. The van der Waals surface area contributed by atoms with E-state index in [1.165, 1.54) is 0 Å². The number of nitriles is 1. The average molecular weight is 413 g/mol. The van der Waals surface area contributed by atoms with Crippen LogP contribution >= 0.6 is 11.6 Å². The van der Waals surface area contributed by atoms with Crippen molar-refractivity contribution in [2.75, 3.05) is 43.0 Å². The van der Waals surface area contributed by atoms with Gasteiger partial charge in [0.1, 0.15) is 11.8 Å². The third-order valence-corrected chi connectivity index (χ3v) is 5.42. The summed E-state index contributed by atoms with van der Waals surface area (Å²) in [4.78, 5) is 17.1. The van der Waals surface area contributed by atoms with Crippen molar-refractivity contribution in [2.45, 2.75) is 19.9 Å². The Morgan fingerprint density at radius 2 is 1.97 bits per heavy atom. The van der Waals surface area contributed by atoms with Gasteiger partial charge in [-0.2, -0.15) is 5.26 Å². The van der Waals surface area contributed by atoms with Crippen LogP contribution < -0.4 is 15.0 Å². The van der Waals surface area contributed by atoms with Gasteiger partial charge in [0.05, 0.1) is 28.9 Å². The van der Waals surface area contributed by atoms with Crippen LogP contribution in [0.3, 0.4) is 0 Å². The number of nitrogens with one attached hydrogen (secondary N) is 1. The average Bonchev–Trinajstić information content (AvgIpc) is 2.74. The van der Waals surface area contributed by atoms with Crippen molar-refractivity contribution in [3.63, 3.8) is 0 Å². The van der Waals surface area contributed by atoms with Crippen LogP contribution in [0.2, 0.25) is 5.02 Å². The van der Waals surface area contributed by atoms with E-state index in [9.17, 15) is 4.79 Å². The zero-order valence-electron chi connectivity index (χ0n) is 16.7. The number of hydrogen-bond donors (Lipinski definition) is 1. The molecule has 3 rings (SSSR count). The molecule has 7 heteroatoms. The molecule has 1 N–H and O–H groups in total. The summed E-state index contributed by atoms with van der Waals surface area (Å²) in [5.74, 6) is 0.806. The molecule has 2 aromatic carbocycles. The lowest BCUT2D eigenvalue weighted by atomic mass is 10.1. The van der Waals surface area contributed by atoms with E-state index in [1.54, 1.807) is 18.2 Å². The SMILES string of the molecule is CCOc1ccccc1N1CCN([C@H](C)C(=O)Nc2ccc(C#N)c(Cl)c2)CC1. The van der Waals surface area contributed by atoms with Gasteiger partial charge >= 0.3 is 0 Å². The highest BCUT2D eigenvalue weighted by Gasteiger charge is 2.26. The number of amides is 1. The van der Waals surface area contributed by atoms with E-state index < -0.39 is 0 Å². The third kappa shape index (κ3) is 5.00. The molecule has 0 aromatic heterocycles. The number of anilines is 2. The van der Waals surface area contributed by atoms with E-state index in [1.807, 2.05) is 38.1 Å². The number of hydrogen-bond acceptors (Lipinski definition) is 5. The third-order valence-electron chi connectivity index (χ3n) is 5.10. The van der Waals surface area contributed by atoms with Crippen LogP contribution in [0.5, 0.6) is 5.75 Å². The van der Waals surface area contributed by atoms with E-state index in [4.69, 9.17) is 21.6 Å². The number of benzene rings is 2. The zero-order valence-corrected chi connectivity index (χ0v) is 17.4. The summed E-state index contributed by atoms with van der Waals surface area (Å²) in [5.41, 5.74) is 2.08.